The zero-order valence-electron chi connectivity index (χ0n) is 18.9. The Morgan fingerprint density at radius 2 is 1.00 bits per heavy atom. The first-order chi connectivity index (χ1) is 16.3. The summed E-state index contributed by atoms with van der Waals surface area (Å²) in [6.45, 7) is 2.03. The van der Waals surface area contributed by atoms with E-state index in [1.165, 1.54) is 16.7 Å². The second kappa shape index (κ2) is 12.0. The molecule has 33 heavy (non-hydrogen) atoms. The Kier molecular flexibility index (Phi) is 8.29. The fourth-order valence-electron chi connectivity index (χ4n) is 4.20. The van der Waals surface area contributed by atoms with Crippen LogP contribution in [0.3, 0.4) is 0 Å². The van der Waals surface area contributed by atoms with Crippen molar-refractivity contribution in [1.29, 1.82) is 0 Å². The molecule has 3 heteroatoms. The Labute approximate surface area is 197 Å². The average molecular weight is 437 g/mol. The van der Waals surface area contributed by atoms with Crippen LogP contribution in [0.4, 0.5) is 5.69 Å². The van der Waals surface area contributed by atoms with Crippen molar-refractivity contribution in [2.24, 2.45) is 0 Å². The molecule has 2 atom stereocenters. The molecule has 0 radical (unpaired) electrons. The van der Waals surface area contributed by atoms with Crippen LogP contribution < -0.4 is 5.32 Å². The number of aliphatic hydroxyl groups is 1. The molecule has 0 aliphatic carbocycles. The van der Waals surface area contributed by atoms with Gasteiger partial charge in [0.1, 0.15) is 0 Å². The summed E-state index contributed by atoms with van der Waals surface area (Å²) in [7, 11) is 0. The molecule has 4 aromatic rings. The third-order valence-electron chi connectivity index (χ3n) is 5.95. The number of nitrogens with one attached hydrogen (secondary N) is 1. The summed E-state index contributed by atoms with van der Waals surface area (Å²) >= 11 is 0. The van der Waals surface area contributed by atoms with Gasteiger partial charge in [-0.3, -0.25) is 4.90 Å². The molecule has 4 aromatic carbocycles. The van der Waals surface area contributed by atoms with E-state index in [2.05, 4.69) is 83.0 Å². The number of benzene rings is 4. The maximum atomic E-state index is 11.5. The summed E-state index contributed by atoms with van der Waals surface area (Å²) in [6.07, 6.45) is 0.232. The van der Waals surface area contributed by atoms with Gasteiger partial charge in [-0.25, -0.2) is 0 Å². The van der Waals surface area contributed by atoms with Crippen molar-refractivity contribution < 1.29 is 5.11 Å². The first-order valence-corrected chi connectivity index (χ1v) is 11.6. The number of para-hydroxylation sites is 1. The van der Waals surface area contributed by atoms with Crippen molar-refractivity contribution in [1.82, 2.24) is 4.90 Å². The lowest BCUT2D eigenvalue weighted by atomic mass is 9.97. The number of hydrogen-bond acceptors (Lipinski definition) is 3. The van der Waals surface area contributed by atoms with Crippen LogP contribution >= 0.6 is 0 Å². The van der Waals surface area contributed by atoms with E-state index in [1.54, 1.807) is 0 Å². The fourth-order valence-corrected chi connectivity index (χ4v) is 4.20. The maximum absolute atomic E-state index is 11.5. The molecule has 0 aliphatic heterocycles. The van der Waals surface area contributed by atoms with Gasteiger partial charge in [0.2, 0.25) is 0 Å². The van der Waals surface area contributed by atoms with E-state index in [0.717, 1.165) is 25.2 Å². The van der Waals surface area contributed by atoms with Crippen LogP contribution in [0, 0.1) is 0 Å². The molecule has 3 nitrogen and oxygen atoms in total. The van der Waals surface area contributed by atoms with E-state index in [9.17, 15) is 5.11 Å². The highest BCUT2D eigenvalue weighted by atomic mass is 16.3. The second-order valence-corrected chi connectivity index (χ2v) is 8.45. The zero-order valence-corrected chi connectivity index (χ0v) is 18.9. The van der Waals surface area contributed by atoms with Crippen LogP contribution in [0.5, 0.6) is 0 Å². The SMILES string of the molecule is O[C@H](CNc1ccccc1)[C@H](Cc1ccccc1)N(Cc1ccccc1)Cc1ccccc1. The third-order valence-corrected chi connectivity index (χ3v) is 5.95. The minimum absolute atomic E-state index is 0.0518. The molecular weight excluding hydrogens is 404 g/mol. The standard InChI is InChI=1S/C30H32N2O/c33-30(22-31-28-19-11-4-12-20-28)29(21-25-13-5-1-6-14-25)32(23-26-15-7-2-8-16-26)24-27-17-9-3-10-18-27/h1-20,29-31,33H,21-24H2/t29-,30+/m0/s1. The van der Waals surface area contributed by atoms with E-state index in [0.29, 0.717) is 6.54 Å². The van der Waals surface area contributed by atoms with Crippen LogP contribution in [0.1, 0.15) is 16.7 Å². The van der Waals surface area contributed by atoms with Gasteiger partial charge in [-0.05, 0) is 35.2 Å². The van der Waals surface area contributed by atoms with Gasteiger partial charge >= 0.3 is 0 Å². The van der Waals surface area contributed by atoms with Gasteiger partial charge in [0.15, 0.2) is 0 Å². The van der Waals surface area contributed by atoms with Crippen LogP contribution in [0.25, 0.3) is 0 Å². The van der Waals surface area contributed by atoms with E-state index in [4.69, 9.17) is 0 Å². The summed E-state index contributed by atoms with van der Waals surface area (Å²) in [5.41, 5.74) is 4.74. The third kappa shape index (κ3) is 7.04. The van der Waals surface area contributed by atoms with Crippen LogP contribution in [0.15, 0.2) is 121 Å². The Morgan fingerprint density at radius 3 is 1.48 bits per heavy atom. The number of anilines is 1. The highest BCUT2D eigenvalue weighted by Crippen LogP contribution is 2.20. The van der Waals surface area contributed by atoms with Crippen molar-refractivity contribution in [3.05, 3.63) is 138 Å². The Morgan fingerprint density at radius 1 is 0.576 bits per heavy atom. The molecule has 0 aromatic heterocycles. The molecule has 0 saturated carbocycles. The van der Waals surface area contributed by atoms with Gasteiger partial charge < -0.3 is 10.4 Å². The van der Waals surface area contributed by atoms with Crippen molar-refractivity contribution in [2.75, 3.05) is 11.9 Å². The van der Waals surface area contributed by atoms with Crippen molar-refractivity contribution in [2.45, 2.75) is 31.7 Å². The summed E-state index contributed by atoms with van der Waals surface area (Å²) in [4.78, 5) is 2.41. The topological polar surface area (TPSA) is 35.5 Å². The van der Waals surface area contributed by atoms with Gasteiger partial charge in [0, 0.05) is 31.4 Å². The van der Waals surface area contributed by atoms with E-state index >= 15 is 0 Å². The molecule has 2 N–H and O–H groups in total. The molecule has 0 spiro atoms. The Balaban J connectivity index is 1.60. The van der Waals surface area contributed by atoms with Crippen molar-refractivity contribution >= 4 is 5.69 Å². The summed E-state index contributed by atoms with van der Waals surface area (Å²) in [5.74, 6) is 0. The number of hydrogen-bond donors (Lipinski definition) is 2. The lowest BCUT2D eigenvalue weighted by Crippen LogP contribution is -2.47. The Hall–Kier alpha value is -3.40. The summed E-state index contributed by atoms with van der Waals surface area (Å²) in [5, 5.41) is 14.9. The fraction of sp³-hybridized carbons (Fsp3) is 0.200. The lowest BCUT2D eigenvalue weighted by molar-refractivity contribution is 0.0470. The molecule has 0 fully saturated rings. The molecule has 168 valence electrons. The lowest BCUT2D eigenvalue weighted by Gasteiger charge is -2.35. The van der Waals surface area contributed by atoms with Gasteiger partial charge in [0.25, 0.3) is 0 Å². The van der Waals surface area contributed by atoms with Crippen LogP contribution in [-0.4, -0.2) is 28.7 Å². The molecule has 0 bridgehead atoms. The summed E-state index contributed by atoms with van der Waals surface area (Å²) in [6, 6.07) is 41.5. The molecule has 4 rings (SSSR count). The Bertz CT molecular complexity index is 1010. The minimum atomic E-state index is -0.544. The molecule has 0 amide bonds. The monoisotopic (exact) mass is 436 g/mol. The first-order valence-electron chi connectivity index (χ1n) is 11.6. The van der Waals surface area contributed by atoms with Crippen molar-refractivity contribution in [3.63, 3.8) is 0 Å². The predicted molar refractivity (Wildman–Crippen MR) is 137 cm³/mol. The highest BCUT2D eigenvalue weighted by Gasteiger charge is 2.27. The molecule has 0 unspecified atom stereocenters. The highest BCUT2D eigenvalue weighted by molar-refractivity contribution is 5.42. The van der Waals surface area contributed by atoms with E-state index in [1.807, 2.05) is 48.5 Å². The van der Waals surface area contributed by atoms with Gasteiger partial charge in [-0.2, -0.15) is 0 Å². The summed E-state index contributed by atoms with van der Waals surface area (Å²) < 4.78 is 0. The second-order valence-electron chi connectivity index (χ2n) is 8.45. The normalized spacial score (nSPS) is 12.9. The molecule has 0 heterocycles. The predicted octanol–water partition coefficient (Wildman–Crippen LogP) is 5.77. The molecular formula is C30H32N2O. The quantitative estimate of drug-likeness (QED) is 0.313. The van der Waals surface area contributed by atoms with E-state index < -0.39 is 6.10 Å². The van der Waals surface area contributed by atoms with Gasteiger partial charge in [-0.15, -0.1) is 0 Å². The average Bonchev–Trinajstić information content (AvgIpc) is 2.88. The van der Waals surface area contributed by atoms with Gasteiger partial charge in [0.05, 0.1) is 6.10 Å². The largest absolute Gasteiger partial charge is 0.390 e. The molecule has 0 aliphatic rings. The van der Waals surface area contributed by atoms with Crippen LogP contribution in [0.2, 0.25) is 0 Å². The van der Waals surface area contributed by atoms with Crippen molar-refractivity contribution in [3.8, 4) is 0 Å². The maximum Gasteiger partial charge on any atom is 0.0870 e. The number of nitrogens with zero attached hydrogens (tertiary/aromatic N) is 1. The minimum Gasteiger partial charge on any atom is -0.390 e. The zero-order chi connectivity index (χ0) is 22.7. The van der Waals surface area contributed by atoms with Crippen LogP contribution in [-0.2, 0) is 19.5 Å². The van der Waals surface area contributed by atoms with Gasteiger partial charge in [-0.1, -0.05) is 109 Å². The number of rotatable bonds is 11. The smallest absolute Gasteiger partial charge is 0.0870 e. The molecule has 0 saturated heterocycles. The van der Waals surface area contributed by atoms with E-state index in [-0.39, 0.29) is 6.04 Å². The number of aliphatic hydroxyl groups excluding tert-OH is 1. The first kappa shape index (κ1) is 22.8.